The molecule has 1 aromatic carbocycles. The summed E-state index contributed by atoms with van der Waals surface area (Å²) in [5, 5.41) is 2.97. The molecular formula is C21H27N3O5. The van der Waals surface area contributed by atoms with Crippen LogP contribution >= 0.6 is 0 Å². The number of hydrogen-bond acceptors (Lipinski definition) is 5. The molecule has 3 aliphatic rings. The second kappa shape index (κ2) is 7.93. The van der Waals surface area contributed by atoms with E-state index in [1.165, 1.54) is 20.0 Å². The van der Waals surface area contributed by atoms with Gasteiger partial charge in [0.05, 0.1) is 31.7 Å². The van der Waals surface area contributed by atoms with E-state index >= 15 is 0 Å². The summed E-state index contributed by atoms with van der Waals surface area (Å²) in [6.45, 7) is 2.10. The van der Waals surface area contributed by atoms with Crippen molar-refractivity contribution in [1.29, 1.82) is 0 Å². The molecule has 0 radical (unpaired) electrons. The number of likely N-dealkylation sites (tertiary alicyclic amines) is 2. The van der Waals surface area contributed by atoms with Crippen LogP contribution in [-0.4, -0.2) is 74.0 Å². The molecular weight excluding hydrogens is 374 g/mol. The summed E-state index contributed by atoms with van der Waals surface area (Å²) < 4.78 is 10.5. The van der Waals surface area contributed by atoms with E-state index in [0.717, 1.165) is 6.54 Å². The minimum atomic E-state index is -0.285. The number of carbonyl (C=O) groups excluding carboxylic acids is 3. The van der Waals surface area contributed by atoms with Crippen molar-refractivity contribution >= 4 is 17.7 Å². The number of amides is 3. The summed E-state index contributed by atoms with van der Waals surface area (Å²) in [5.41, 5.74) is 0.469. The zero-order valence-corrected chi connectivity index (χ0v) is 16.8. The Bertz CT molecular complexity index is 817. The molecule has 156 valence electrons. The van der Waals surface area contributed by atoms with Gasteiger partial charge in [0.2, 0.25) is 11.8 Å². The van der Waals surface area contributed by atoms with E-state index in [0.29, 0.717) is 42.6 Å². The van der Waals surface area contributed by atoms with Crippen molar-refractivity contribution in [2.75, 3.05) is 40.4 Å². The predicted octanol–water partition coefficient (Wildman–Crippen LogP) is 0.903. The lowest BCUT2D eigenvalue weighted by molar-refractivity contribution is -0.132. The average molecular weight is 401 g/mol. The molecule has 1 aromatic rings. The smallest absolute Gasteiger partial charge is 0.257 e. The fraction of sp³-hybridized carbons (Fsp3) is 0.571. The SMILES string of the molecule is COc1ccc(C(=O)N2CC(N3CC(C(=O)NCC4CC4)CC3=O)C2)c(OC)c1. The molecule has 1 saturated carbocycles. The van der Waals surface area contributed by atoms with Crippen LogP contribution in [0.1, 0.15) is 29.6 Å². The van der Waals surface area contributed by atoms with Gasteiger partial charge in [0.25, 0.3) is 5.91 Å². The number of rotatable bonds is 7. The van der Waals surface area contributed by atoms with Crippen LogP contribution in [0.3, 0.4) is 0 Å². The molecule has 2 aliphatic heterocycles. The van der Waals surface area contributed by atoms with Gasteiger partial charge in [-0.2, -0.15) is 0 Å². The first-order valence-electron chi connectivity index (χ1n) is 10.1. The Morgan fingerprint density at radius 2 is 1.90 bits per heavy atom. The molecule has 3 fully saturated rings. The summed E-state index contributed by atoms with van der Waals surface area (Å²) in [4.78, 5) is 41.0. The zero-order valence-electron chi connectivity index (χ0n) is 16.8. The molecule has 2 heterocycles. The summed E-state index contributed by atoms with van der Waals surface area (Å²) in [7, 11) is 3.07. The van der Waals surface area contributed by atoms with Crippen LogP contribution in [0.5, 0.6) is 11.5 Å². The lowest BCUT2D eigenvalue weighted by Crippen LogP contribution is -2.61. The number of carbonyl (C=O) groups is 3. The van der Waals surface area contributed by atoms with Gasteiger partial charge in [-0.1, -0.05) is 0 Å². The quantitative estimate of drug-likeness (QED) is 0.734. The minimum absolute atomic E-state index is 0.00398. The lowest BCUT2D eigenvalue weighted by atomic mass is 10.0. The summed E-state index contributed by atoms with van der Waals surface area (Å²) in [6, 6.07) is 5.06. The monoisotopic (exact) mass is 401 g/mol. The van der Waals surface area contributed by atoms with E-state index in [1.54, 1.807) is 35.1 Å². The van der Waals surface area contributed by atoms with E-state index in [9.17, 15) is 14.4 Å². The highest BCUT2D eigenvalue weighted by atomic mass is 16.5. The standard InChI is InChI=1S/C21H27N3O5/c1-28-16-5-6-17(18(8-16)29-2)21(27)23-11-15(12-23)24-10-14(7-19(24)25)20(26)22-9-13-3-4-13/h5-6,8,13-15H,3-4,7,9-12H2,1-2H3,(H,22,26). The predicted molar refractivity (Wildman–Crippen MR) is 105 cm³/mol. The van der Waals surface area contributed by atoms with E-state index in [4.69, 9.17) is 9.47 Å². The molecule has 0 aromatic heterocycles. The number of ether oxygens (including phenoxy) is 2. The molecule has 2 saturated heterocycles. The van der Waals surface area contributed by atoms with Crippen molar-refractivity contribution in [3.05, 3.63) is 23.8 Å². The van der Waals surface area contributed by atoms with E-state index < -0.39 is 0 Å². The number of methoxy groups -OCH3 is 2. The van der Waals surface area contributed by atoms with Crippen LogP contribution in [0, 0.1) is 11.8 Å². The van der Waals surface area contributed by atoms with Crippen molar-refractivity contribution in [3.63, 3.8) is 0 Å². The third-order valence-electron chi connectivity index (χ3n) is 6.02. The highest BCUT2D eigenvalue weighted by Crippen LogP contribution is 2.31. The van der Waals surface area contributed by atoms with E-state index in [1.807, 2.05) is 0 Å². The van der Waals surface area contributed by atoms with Crippen molar-refractivity contribution in [1.82, 2.24) is 15.1 Å². The van der Waals surface area contributed by atoms with Crippen LogP contribution in [0.2, 0.25) is 0 Å². The largest absolute Gasteiger partial charge is 0.497 e. The molecule has 1 N–H and O–H groups in total. The Labute approximate surface area is 170 Å². The fourth-order valence-corrected chi connectivity index (χ4v) is 3.94. The highest BCUT2D eigenvalue weighted by molar-refractivity contribution is 5.98. The minimum Gasteiger partial charge on any atom is -0.497 e. The zero-order chi connectivity index (χ0) is 20.5. The molecule has 0 bridgehead atoms. The van der Waals surface area contributed by atoms with Gasteiger partial charge in [0.1, 0.15) is 11.5 Å². The first-order valence-corrected chi connectivity index (χ1v) is 10.1. The van der Waals surface area contributed by atoms with Gasteiger partial charge in [-0.3, -0.25) is 14.4 Å². The van der Waals surface area contributed by atoms with Crippen molar-refractivity contribution in [2.45, 2.75) is 25.3 Å². The van der Waals surface area contributed by atoms with Crippen LogP contribution in [0.4, 0.5) is 0 Å². The summed E-state index contributed by atoms with van der Waals surface area (Å²) >= 11 is 0. The Morgan fingerprint density at radius 1 is 1.14 bits per heavy atom. The molecule has 1 aliphatic carbocycles. The van der Waals surface area contributed by atoms with Gasteiger partial charge >= 0.3 is 0 Å². The number of nitrogens with one attached hydrogen (secondary N) is 1. The van der Waals surface area contributed by atoms with Gasteiger partial charge in [0.15, 0.2) is 0 Å². The normalized spacial score (nSPS) is 21.7. The first kappa shape index (κ1) is 19.5. The summed E-state index contributed by atoms with van der Waals surface area (Å²) in [5.74, 6) is 1.25. The van der Waals surface area contributed by atoms with Gasteiger partial charge in [-0.15, -0.1) is 0 Å². The highest BCUT2D eigenvalue weighted by Gasteiger charge is 2.44. The van der Waals surface area contributed by atoms with Crippen LogP contribution in [0.15, 0.2) is 18.2 Å². The number of nitrogens with zero attached hydrogens (tertiary/aromatic N) is 2. The first-order chi connectivity index (χ1) is 14.0. The molecule has 8 heteroatoms. The Hall–Kier alpha value is -2.77. The van der Waals surface area contributed by atoms with E-state index in [2.05, 4.69) is 5.32 Å². The van der Waals surface area contributed by atoms with Gasteiger partial charge in [0, 0.05) is 38.7 Å². The molecule has 3 amide bonds. The summed E-state index contributed by atoms with van der Waals surface area (Å²) in [6.07, 6.45) is 2.62. The second-order valence-electron chi connectivity index (χ2n) is 8.07. The van der Waals surface area contributed by atoms with Crippen LogP contribution in [-0.2, 0) is 9.59 Å². The van der Waals surface area contributed by atoms with Crippen LogP contribution in [0.25, 0.3) is 0 Å². The Morgan fingerprint density at radius 3 is 2.55 bits per heavy atom. The van der Waals surface area contributed by atoms with Crippen molar-refractivity contribution < 1.29 is 23.9 Å². The fourth-order valence-electron chi connectivity index (χ4n) is 3.94. The molecule has 8 nitrogen and oxygen atoms in total. The van der Waals surface area contributed by atoms with E-state index in [-0.39, 0.29) is 36.1 Å². The van der Waals surface area contributed by atoms with Gasteiger partial charge < -0.3 is 24.6 Å². The van der Waals surface area contributed by atoms with Gasteiger partial charge in [-0.25, -0.2) is 0 Å². The molecule has 4 rings (SSSR count). The third-order valence-corrected chi connectivity index (χ3v) is 6.02. The topological polar surface area (TPSA) is 88.2 Å². The number of hydrogen-bond donors (Lipinski definition) is 1. The van der Waals surface area contributed by atoms with Crippen LogP contribution < -0.4 is 14.8 Å². The lowest BCUT2D eigenvalue weighted by Gasteiger charge is -2.44. The number of benzene rings is 1. The maximum absolute atomic E-state index is 12.8. The molecule has 29 heavy (non-hydrogen) atoms. The third kappa shape index (κ3) is 4.02. The molecule has 1 unspecified atom stereocenters. The maximum Gasteiger partial charge on any atom is 0.257 e. The Kier molecular flexibility index (Phi) is 5.34. The van der Waals surface area contributed by atoms with Gasteiger partial charge in [-0.05, 0) is 30.9 Å². The second-order valence-corrected chi connectivity index (χ2v) is 8.07. The Balaban J connectivity index is 1.32. The van der Waals surface area contributed by atoms with Crippen molar-refractivity contribution in [3.8, 4) is 11.5 Å². The maximum atomic E-state index is 12.8. The molecule has 0 spiro atoms. The van der Waals surface area contributed by atoms with Crippen molar-refractivity contribution in [2.24, 2.45) is 11.8 Å². The molecule has 1 atom stereocenters. The average Bonchev–Trinajstić information content (AvgIpc) is 3.45.